The van der Waals surface area contributed by atoms with Gasteiger partial charge in [0.1, 0.15) is 0 Å². The number of hydrogen-bond donors (Lipinski definition) is 2. The smallest absolute Gasteiger partial charge is 0.309 e. The van der Waals surface area contributed by atoms with E-state index < -0.39 is 11.4 Å². The number of carbonyl (C=O) groups is 1. The topological polar surface area (TPSA) is 57.5 Å². The van der Waals surface area contributed by atoms with Crippen LogP contribution in [0.5, 0.6) is 0 Å². The van der Waals surface area contributed by atoms with Gasteiger partial charge in [0.05, 0.1) is 5.41 Å². The highest BCUT2D eigenvalue weighted by Gasteiger charge is 2.27. The molecule has 0 aromatic rings. The zero-order valence-corrected chi connectivity index (χ0v) is 9.23. The molecule has 0 spiro atoms. The van der Waals surface area contributed by atoms with Crippen LogP contribution < -0.4 is 0 Å². The summed E-state index contributed by atoms with van der Waals surface area (Å²) in [5.74, 6) is -0.181. The molecule has 0 aliphatic carbocycles. The molecule has 1 atom stereocenters. The molecule has 0 fully saturated rings. The third kappa shape index (κ3) is 5.16. The van der Waals surface area contributed by atoms with Crippen LogP contribution in [0.4, 0.5) is 0 Å². The summed E-state index contributed by atoms with van der Waals surface area (Å²) in [5.41, 5.74) is -0.672. The van der Waals surface area contributed by atoms with E-state index in [0.717, 1.165) is 6.42 Å². The predicted molar refractivity (Wildman–Crippen MR) is 55.0 cm³/mol. The number of aliphatic carboxylic acids is 1. The van der Waals surface area contributed by atoms with Crippen molar-refractivity contribution in [2.24, 2.45) is 5.41 Å². The quantitative estimate of drug-likeness (QED) is 0.693. The fourth-order valence-electron chi connectivity index (χ4n) is 0.677. The van der Waals surface area contributed by atoms with Crippen LogP contribution in [0, 0.1) is 5.41 Å². The van der Waals surface area contributed by atoms with Crippen LogP contribution >= 0.6 is 11.8 Å². The van der Waals surface area contributed by atoms with Gasteiger partial charge in [-0.1, -0.05) is 6.92 Å². The maximum Gasteiger partial charge on any atom is 0.309 e. The van der Waals surface area contributed by atoms with Crippen LogP contribution in [0.3, 0.4) is 0 Å². The third-order valence-electron chi connectivity index (χ3n) is 1.84. The summed E-state index contributed by atoms with van der Waals surface area (Å²) >= 11 is 1.60. The summed E-state index contributed by atoms with van der Waals surface area (Å²) in [6.07, 6.45) is 0.723. The molecule has 0 aliphatic heterocycles. The van der Waals surface area contributed by atoms with Gasteiger partial charge in [-0.25, -0.2) is 0 Å². The van der Waals surface area contributed by atoms with Crippen LogP contribution in [-0.2, 0) is 4.79 Å². The Bertz CT molecular complexity index is 168. The monoisotopic (exact) mass is 206 g/mol. The van der Waals surface area contributed by atoms with E-state index in [1.165, 1.54) is 0 Å². The van der Waals surface area contributed by atoms with Gasteiger partial charge in [0.2, 0.25) is 0 Å². The normalized spacial score (nSPS) is 14.2. The van der Waals surface area contributed by atoms with Gasteiger partial charge in [0, 0.05) is 17.6 Å². The zero-order chi connectivity index (χ0) is 10.5. The van der Waals surface area contributed by atoms with E-state index in [1.807, 2.05) is 6.92 Å². The first-order chi connectivity index (χ1) is 5.90. The maximum absolute atomic E-state index is 10.7. The van der Waals surface area contributed by atoms with Crippen molar-refractivity contribution in [3.05, 3.63) is 0 Å². The Labute approximate surface area is 83.5 Å². The Kier molecular flexibility index (Phi) is 5.40. The first-order valence-corrected chi connectivity index (χ1v) is 5.41. The molecule has 0 aliphatic rings. The van der Waals surface area contributed by atoms with Gasteiger partial charge in [-0.05, 0) is 20.3 Å². The van der Waals surface area contributed by atoms with Gasteiger partial charge in [-0.15, -0.1) is 0 Å². The Morgan fingerprint density at radius 2 is 2.08 bits per heavy atom. The molecule has 0 rings (SSSR count). The van der Waals surface area contributed by atoms with Gasteiger partial charge in [-0.2, -0.15) is 11.8 Å². The van der Waals surface area contributed by atoms with Crippen molar-refractivity contribution in [2.45, 2.75) is 32.4 Å². The predicted octanol–water partition coefficient (Wildman–Crippen LogP) is 1.60. The average molecular weight is 206 g/mol. The number of aliphatic hydroxyl groups is 1. The Morgan fingerprint density at radius 1 is 1.54 bits per heavy atom. The number of thioether (sulfide) groups is 1. The van der Waals surface area contributed by atoms with Gasteiger partial charge in [0.25, 0.3) is 0 Å². The molecule has 4 heteroatoms. The fourth-order valence-corrected chi connectivity index (χ4v) is 1.77. The summed E-state index contributed by atoms with van der Waals surface area (Å²) in [5, 5.41) is 17.8. The van der Waals surface area contributed by atoms with E-state index in [2.05, 4.69) is 0 Å². The van der Waals surface area contributed by atoms with E-state index in [1.54, 1.807) is 25.6 Å². The molecule has 0 saturated heterocycles. The maximum atomic E-state index is 10.7. The zero-order valence-electron chi connectivity index (χ0n) is 8.41. The van der Waals surface area contributed by atoms with Gasteiger partial charge >= 0.3 is 5.97 Å². The Balaban J connectivity index is 3.80. The lowest BCUT2D eigenvalue weighted by Crippen LogP contribution is -2.27. The minimum absolute atomic E-state index is 0.168. The first-order valence-electron chi connectivity index (χ1n) is 4.36. The van der Waals surface area contributed by atoms with E-state index in [-0.39, 0.29) is 6.61 Å². The molecule has 3 nitrogen and oxygen atoms in total. The number of rotatable bonds is 6. The summed E-state index contributed by atoms with van der Waals surface area (Å²) < 4.78 is 0. The second kappa shape index (κ2) is 5.50. The van der Waals surface area contributed by atoms with E-state index >= 15 is 0 Å². The van der Waals surface area contributed by atoms with E-state index in [4.69, 9.17) is 10.2 Å². The SMILES string of the molecule is CC(CCO)SCC(C)(C)C(=O)O. The summed E-state index contributed by atoms with van der Waals surface area (Å²) in [6, 6.07) is 0. The van der Waals surface area contributed by atoms with E-state index in [0.29, 0.717) is 11.0 Å². The van der Waals surface area contributed by atoms with Crippen molar-refractivity contribution in [3.63, 3.8) is 0 Å². The third-order valence-corrected chi connectivity index (χ3v) is 3.54. The summed E-state index contributed by atoms with van der Waals surface area (Å²) in [7, 11) is 0. The molecule has 13 heavy (non-hydrogen) atoms. The van der Waals surface area contributed by atoms with Crippen LogP contribution in [0.1, 0.15) is 27.2 Å². The standard InChI is InChI=1S/C9H18O3S/c1-7(4-5-10)13-6-9(2,3)8(11)12/h7,10H,4-6H2,1-3H3,(H,11,12). The largest absolute Gasteiger partial charge is 0.481 e. The lowest BCUT2D eigenvalue weighted by Gasteiger charge is -2.20. The van der Waals surface area contributed by atoms with Gasteiger partial charge < -0.3 is 10.2 Å². The molecule has 78 valence electrons. The molecular weight excluding hydrogens is 188 g/mol. The van der Waals surface area contributed by atoms with Crippen LogP contribution in [0.25, 0.3) is 0 Å². The second-order valence-electron chi connectivity index (χ2n) is 3.82. The lowest BCUT2D eigenvalue weighted by atomic mass is 9.97. The highest BCUT2D eigenvalue weighted by molar-refractivity contribution is 7.99. The molecule has 0 saturated carbocycles. The minimum atomic E-state index is -0.767. The number of carboxylic acid groups (broad SMARTS) is 1. The Hall–Kier alpha value is -0.220. The minimum Gasteiger partial charge on any atom is -0.481 e. The molecule has 0 aromatic heterocycles. The second-order valence-corrected chi connectivity index (χ2v) is 5.25. The molecule has 0 heterocycles. The average Bonchev–Trinajstić information content (AvgIpc) is 2.01. The Morgan fingerprint density at radius 3 is 2.46 bits per heavy atom. The number of hydrogen-bond acceptors (Lipinski definition) is 3. The van der Waals surface area contributed by atoms with Gasteiger partial charge in [0.15, 0.2) is 0 Å². The van der Waals surface area contributed by atoms with Crippen molar-refractivity contribution in [1.82, 2.24) is 0 Å². The molecule has 0 bridgehead atoms. The summed E-state index contributed by atoms with van der Waals surface area (Å²) in [4.78, 5) is 10.7. The molecular formula is C9H18O3S. The van der Waals surface area contributed by atoms with Crippen molar-refractivity contribution in [3.8, 4) is 0 Å². The number of carboxylic acids is 1. The lowest BCUT2D eigenvalue weighted by molar-refractivity contribution is -0.145. The fraction of sp³-hybridized carbons (Fsp3) is 0.889. The highest BCUT2D eigenvalue weighted by Crippen LogP contribution is 2.25. The van der Waals surface area contributed by atoms with Gasteiger partial charge in [-0.3, -0.25) is 4.79 Å². The van der Waals surface area contributed by atoms with E-state index in [9.17, 15) is 4.79 Å². The first kappa shape index (κ1) is 12.8. The molecule has 0 amide bonds. The van der Waals surface area contributed by atoms with Crippen molar-refractivity contribution >= 4 is 17.7 Å². The molecule has 1 unspecified atom stereocenters. The van der Waals surface area contributed by atoms with Crippen molar-refractivity contribution in [1.29, 1.82) is 0 Å². The molecule has 0 aromatic carbocycles. The van der Waals surface area contributed by atoms with Crippen LogP contribution in [0.2, 0.25) is 0 Å². The van der Waals surface area contributed by atoms with Crippen LogP contribution in [0.15, 0.2) is 0 Å². The van der Waals surface area contributed by atoms with Crippen molar-refractivity contribution in [2.75, 3.05) is 12.4 Å². The van der Waals surface area contributed by atoms with Crippen molar-refractivity contribution < 1.29 is 15.0 Å². The number of aliphatic hydroxyl groups excluding tert-OH is 1. The molecule has 2 N–H and O–H groups in total. The molecule has 0 radical (unpaired) electrons. The highest BCUT2D eigenvalue weighted by atomic mass is 32.2. The van der Waals surface area contributed by atoms with Crippen LogP contribution in [-0.4, -0.2) is 33.8 Å². The summed E-state index contributed by atoms with van der Waals surface area (Å²) in [6.45, 7) is 5.60.